The lowest BCUT2D eigenvalue weighted by Crippen LogP contribution is -2.52. The summed E-state index contributed by atoms with van der Waals surface area (Å²) in [6.07, 6.45) is 3.55. The standard InChI is InChI=1S/C24H26ClN3O2/c1-17-11-13-24(14-12-17)26-22(18-7-4-3-5-8-18)23(30)28(24)16-21(29)27(2)20-10-6-9-19(25)15-20/h3-10,15,17H,11-14,16H2,1-2H3. The third-order valence-electron chi connectivity index (χ3n) is 6.26. The Balaban J connectivity index is 1.62. The molecule has 156 valence electrons. The second kappa shape index (κ2) is 8.23. The largest absolute Gasteiger partial charge is 0.314 e. The van der Waals surface area contributed by atoms with Crippen molar-refractivity contribution in [1.29, 1.82) is 0 Å². The zero-order valence-electron chi connectivity index (χ0n) is 17.3. The summed E-state index contributed by atoms with van der Waals surface area (Å²) in [5.41, 5.74) is 1.34. The van der Waals surface area contributed by atoms with E-state index in [1.54, 1.807) is 29.0 Å². The van der Waals surface area contributed by atoms with Crippen LogP contribution < -0.4 is 4.90 Å². The molecule has 4 rings (SSSR count). The van der Waals surface area contributed by atoms with Gasteiger partial charge in [0.2, 0.25) is 5.91 Å². The first-order chi connectivity index (χ1) is 14.4. The Bertz CT molecular complexity index is 981. The fraction of sp³-hybridized carbons (Fsp3) is 0.375. The van der Waals surface area contributed by atoms with Gasteiger partial charge in [-0.3, -0.25) is 14.6 Å². The monoisotopic (exact) mass is 423 g/mol. The van der Waals surface area contributed by atoms with Crippen LogP contribution in [0.2, 0.25) is 5.02 Å². The topological polar surface area (TPSA) is 53.0 Å². The average molecular weight is 424 g/mol. The molecule has 0 N–H and O–H groups in total. The predicted octanol–water partition coefficient (Wildman–Crippen LogP) is 4.54. The van der Waals surface area contributed by atoms with Crippen LogP contribution in [0.25, 0.3) is 0 Å². The molecule has 1 fully saturated rings. The minimum Gasteiger partial charge on any atom is -0.314 e. The molecule has 1 aliphatic heterocycles. The number of carbonyl (C=O) groups excluding carboxylic acids is 2. The third-order valence-corrected chi connectivity index (χ3v) is 6.49. The molecule has 0 radical (unpaired) electrons. The molecule has 0 saturated heterocycles. The quantitative estimate of drug-likeness (QED) is 0.724. The minimum atomic E-state index is -0.625. The van der Waals surface area contributed by atoms with Crippen molar-refractivity contribution in [2.24, 2.45) is 10.9 Å². The van der Waals surface area contributed by atoms with Gasteiger partial charge < -0.3 is 9.80 Å². The Morgan fingerprint density at radius 3 is 2.53 bits per heavy atom. The molecule has 5 nitrogen and oxygen atoms in total. The number of hydrogen-bond acceptors (Lipinski definition) is 3. The van der Waals surface area contributed by atoms with Crippen molar-refractivity contribution in [2.75, 3.05) is 18.5 Å². The van der Waals surface area contributed by atoms with Crippen LogP contribution in [0.4, 0.5) is 5.69 Å². The molecule has 1 aliphatic carbocycles. The SMILES string of the molecule is CC1CCC2(CC1)N=C(c1ccccc1)C(=O)N2CC(=O)N(C)c1cccc(Cl)c1. The van der Waals surface area contributed by atoms with Gasteiger partial charge in [-0.2, -0.15) is 0 Å². The number of nitrogens with zero attached hydrogens (tertiary/aromatic N) is 3. The highest BCUT2D eigenvalue weighted by Crippen LogP contribution is 2.41. The Kier molecular flexibility index (Phi) is 5.65. The predicted molar refractivity (Wildman–Crippen MR) is 120 cm³/mol. The summed E-state index contributed by atoms with van der Waals surface area (Å²) in [7, 11) is 1.71. The maximum atomic E-state index is 13.4. The van der Waals surface area contributed by atoms with E-state index in [4.69, 9.17) is 16.6 Å². The molecule has 0 unspecified atom stereocenters. The van der Waals surface area contributed by atoms with Crippen LogP contribution in [0.15, 0.2) is 59.6 Å². The fourth-order valence-corrected chi connectivity index (χ4v) is 4.50. The number of hydrogen-bond donors (Lipinski definition) is 0. The van der Waals surface area contributed by atoms with Crippen molar-refractivity contribution in [3.05, 3.63) is 65.2 Å². The Hall–Kier alpha value is -2.66. The lowest BCUT2D eigenvalue weighted by molar-refractivity contribution is -0.135. The number of rotatable bonds is 4. The maximum Gasteiger partial charge on any atom is 0.275 e. The lowest BCUT2D eigenvalue weighted by atomic mass is 9.82. The van der Waals surface area contributed by atoms with Gasteiger partial charge in [0, 0.05) is 23.3 Å². The molecule has 1 saturated carbocycles. The molecule has 2 aromatic carbocycles. The van der Waals surface area contributed by atoms with Gasteiger partial charge in [-0.05, 0) is 49.8 Å². The zero-order valence-corrected chi connectivity index (χ0v) is 18.1. The molecule has 0 atom stereocenters. The van der Waals surface area contributed by atoms with Crippen LogP contribution >= 0.6 is 11.6 Å². The van der Waals surface area contributed by atoms with E-state index in [1.165, 1.54) is 0 Å². The van der Waals surface area contributed by atoms with Crippen molar-refractivity contribution in [1.82, 2.24) is 4.90 Å². The second-order valence-corrected chi connectivity index (χ2v) is 8.75. The number of amides is 2. The molecular formula is C24H26ClN3O2. The maximum absolute atomic E-state index is 13.4. The second-order valence-electron chi connectivity index (χ2n) is 8.32. The van der Waals surface area contributed by atoms with Crippen LogP contribution in [-0.2, 0) is 9.59 Å². The van der Waals surface area contributed by atoms with E-state index in [0.717, 1.165) is 31.2 Å². The van der Waals surface area contributed by atoms with Gasteiger partial charge in [0.1, 0.15) is 17.9 Å². The van der Waals surface area contributed by atoms with Gasteiger partial charge in [0.05, 0.1) is 0 Å². The lowest BCUT2D eigenvalue weighted by Gasteiger charge is -2.41. The molecular weight excluding hydrogens is 398 g/mol. The number of benzene rings is 2. The highest BCUT2D eigenvalue weighted by atomic mass is 35.5. The van der Waals surface area contributed by atoms with Crippen molar-refractivity contribution in [3.8, 4) is 0 Å². The summed E-state index contributed by atoms with van der Waals surface area (Å²) in [5.74, 6) is 0.283. The number of carbonyl (C=O) groups is 2. The molecule has 1 spiro atoms. The molecule has 0 bridgehead atoms. The van der Waals surface area contributed by atoms with Gasteiger partial charge in [0.15, 0.2) is 0 Å². The number of halogens is 1. The first-order valence-corrected chi connectivity index (χ1v) is 10.8. The Morgan fingerprint density at radius 1 is 1.17 bits per heavy atom. The Morgan fingerprint density at radius 2 is 1.87 bits per heavy atom. The normalized spacial score (nSPS) is 23.6. The van der Waals surface area contributed by atoms with E-state index in [1.807, 2.05) is 42.5 Å². The number of likely N-dealkylation sites (N-methyl/N-ethyl adjacent to an activating group) is 1. The van der Waals surface area contributed by atoms with Crippen molar-refractivity contribution < 1.29 is 9.59 Å². The highest BCUT2D eigenvalue weighted by Gasteiger charge is 2.49. The number of aliphatic imine (C=N–C) groups is 1. The van der Waals surface area contributed by atoms with Gasteiger partial charge >= 0.3 is 0 Å². The van der Waals surface area contributed by atoms with Crippen molar-refractivity contribution in [3.63, 3.8) is 0 Å². The molecule has 0 aromatic heterocycles. The van der Waals surface area contributed by atoms with Crippen molar-refractivity contribution >= 4 is 34.8 Å². The highest BCUT2D eigenvalue weighted by molar-refractivity contribution is 6.47. The van der Waals surface area contributed by atoms with Crippen LogP contribution in [0.3, 0.4) is 0 Å². The fourth-order valence-electron chi connectivity index (χ4n) is 4.31. The van der Waals surface area contributed by atoms with Gasteiger partial charge in [-0.1, -0.05) is 54.9 Å². The van der Waals surface area contributed by atoms with Crippen LogP contribution in [-0.4, -0.2) is 41.7 Å². The van der Waals surface area contributed by atoms with E-state index >= 15 is 0 Å². The Labute approximate surface area is 182 Å². The summed E-state index contributed by atoms with van der Waals surface area (Å²) in [6, 6.07) is 16.7. The third kappa shape index (κ3) is 3.86. The van der Waals surface area contributed by atoms with Crippen LogP contribution in [0.5, 0.6) is 0 Å². The first kappa shape index (κ1) is 20.6. The first-order valence-electron chi connectivity index (χ1n) is 10.4. The molecule has 1 heterocycles. The van der Waals surface area contributed by atoms with Gasteiger partial charge in [0.25, 0.3) is 5.91 Å². The number of anilines is 1. The summed E-state index contributed by atoms with van der Waals surface area (Å²) in [5, 5.41) is 0.567. The molecule has 2 amide bonds. The van der Waals surface area contributed by atoms with E-state index < -0.39 is 5.66 Å². The smallest absolute Gasteiger partial charge is 0.275 e. The van der Waals surface area contributed by atoms with Crippen LogP contribution in [0.1, 0.15) is 38.2 Å². The van der Waals surface area contributed by atoms with Gasteiger partial charge in [-0.25, -0.2) is 0 Å². The summed E-state index contributed by atoms with van der Waals surface area (Å²) < 4.78 is 0. The minimum absolute atomic E-state index is 0.00391. The summed E-state index contributed by atoms with van der Waals surface area (Å²) >= 11 is 6.08. The van der Waals surface area contributed by atoms with Crippen LogP contribution in [0, 0.1) is 5.92 Å². The summed E-state index contributed by atoms with van der Waals surface area (Å²) in [4.78, 5) is 34.7. The average Bonchev–Trinajstić information content (AvgIpc) is 3.02. The van der Waals surface area contributed by atoms with Crippen molar-refractivity contribution in [2.45, 2.75) is 38.3 Å². The molecule has 2 aromatic rings. The van der Waals surface area contributed by atoms with E-state index in [2.05, 4.69) is 6.92 Å². The zero-order chi connectivity index (χ0) is 21.3. The molecule has 6 heteroatoms. The summed E-state index contributed by atoms with van der Waals surface area (Å²) in [6.45, 7) is 2.23. The van der Waals surface area contributed by atoms with E-state index in [-0.39, 0.29) is 18.4 Å². The van der Waals surface area contributed by atoms with E-state index in [9.17, 15) is 9.59 Å². The van der Waals surface area contributed by atoms with E-state index in [0.29, 0.717) is 22.3 Å². The molecule has 2 aliphatic rings. The van der Waals surface area contributed by atoms with Gasteiger partial charge in [-0.15, -0.1) is 0 Å². The molecule has 30 heavy (non-hydrogen) atoms.